The lowest BCUT2D eigenvalue weighted by Gasteiger charge is -2.35. The lowest BCUT2D eigenvalue weighted by Crippen LogP contribution is -2.37. The van der Waals surface area contributed by atoms with E-state index in [0.717, 1.165) is 22.4 Å². The van der Waals surface area contributed by atoms with Crippen molar-refractivity contribution in [1.82, 2.24) is 4.90 Å². The second-order valence-electron chi connectivity index (χ2n) is 7.62. The van der Waals surface area contributed by atoms with Crippen LogP contribution in [0.15, 0.2) is 54.6 Å². The number of hydrogen-bond acceptors (Lipinski definition) is 3. The Kier molecular flexibility index (Phi) is 6.86. The van der Waals surface area contributed by atoms with Gasteiger partial charge in [-0.1, -0.05) is 61.7 Å². The zero-order chi connectivity index (χ0) is 19.1. The summed E-state index contributed by atoms with van der Waals surface area (Å²) in [5, 5.41) is 0. The topological polar surface area (TPSA) is 29.5 Å². The van der Waals surface area contributed by atoms with Gasteiger partial charge < -0.3 is 9.64 Å². The number of benzene rings is 2. The average Bonchev–Trinajstić information content (AvgIpc) is 2.72. The van der Waals surface area contributed by atoms with Crippen molar-refractivity contribution in [3.05, 3.63) is 65.7 Å². The quantitative estimate of drug-likeness (QED) is 0.649. The van der Waals surface area contributed by atoms with E-state index in [0.29, 0.717) is 12.5 Å². The third-order valence-electron chi connectivity index (χ3n) is 5.47. The molecule has 3 nitrogen and oxygen atoms in total. The van der Waals surface area contributed by atoms with Crippen molar-refractivity contribution in [2.45, 2.75) is 44.8 Å². The third-order valence-corrected chi connectivity index (χ3v) is 5.47. The summed E-state index contributed by atoms with van der Waals surface area (Å²) in [6, 6.07) is 18.1. The van der Waals surface area contributed by atoms with Crippen molar-refractivity contribution < 1.29 is 9.53 Å². The normalized spacial score (nSPS) is 16.0. The Bertz CT molecular complexity index is 755. The maximum absolute atomic E-state index is 11.9. The van der Waals surface area contributed by atoms with Crippen molar-refractivity contribution >= 4 is 11.5 Å². The molecule has 0 saturated heterocycles. The van der Waals surface area contributed by atoms with Crippen LogP contribution >= 0.6 is 0 Å². The van der Waals surface area contributed by atoms with Crippen LogP contribution in [0.25, 0.3) is 5.57 Å². The first kappa shape index (κ1) is 19.4. The molecular weight excluding hydrogens is 334 g/mol. The van der Waals surface area contributed by atoms with Gasteiger partial charge >= 0.3 is 0 Å². The van der Waals surface area contributed by atoms with Gasteiger partial charge in [-0.25, -0.2) is 4.79 Å². The van der Waals surface area contributed by atoms with Gasteiger partial charge in [-0.15, -0.1) is 0 Å². The highest BCUT2D eigenvalue weighted by molar-refractivity contribution is 5.90. The Labute approximate surface area is 162 Å². The molecule has 0 N–H and O–H groups in total. The molecule has 1 aliphatic carbocycles. The number of nitrogens with zero attached hydrogens (tertiary/aromatic N) is 1. The van der Waals surface area contributed by atoms with E-state index in [1.807, 2.05) is 54.6 Å². The molecule has 3 rings (SSSR count). The van der Waals surface area contributed by atoms with Crippen LogP contribution in [0.5, 0.6) is 5.75 Å². The van der Waals surface area contributed by atoms with Gasteiger partial charge in [0.2, 0.25) is 0 Å². The molecule has 0 spiro atoms. The number of ether oxygens (including phenoxy) is 1. The van der Waals surface area contributed by atoms with Crippen molar-refractivity contribution in [2.75, 3.05) is 14.1 Å². The van der Waals surface area contributed by atoms with Crippen LogP contribution in [-0.4, -0.2) is 31.0 Å². The summed E-state index contributed by atoms with van der Waals surface area (Å²) < 4.78 is 5.87. The van der Waals surface area contributed by atoms with E-state index < -0.39 is 0 Å². The maximum atomic E-state index is 11.9. The number of hydrogen-bond donors (Lipinski definition) is 0. The van der Waals surface area contributed by atoms with Gasteiger partial charge in [-0.05, 0) is 56.1 Å². The number of likely N-dealkylation sites (N-methyl/N-ethyl adjacent to an activating group) is 1. The molecule has 1 aliphatic rings. The first-order valence-corrected chi connectivity index (χ1v) is 9.87. The van der Waals surface area contributed by atoms with Crippen molar-refractivity contribution in [1.29, 1.82) is 0 Å². The SMILES string of the molecule is CN(C)C(C(=C=O)c1ccc(OCc2ccccc2)cc1)C1CCCCC1. The fourth-order valence-electron chi connectivity index (χ4n) is 4.13. The maximum Gasteiger partial charge on any atom is 0.130 e. The molecule has 1 unspecified atom stereocenters. The Balaban J connectivity index is 1.72. The highest BCUT2D eigenvalue weighted by atomic mass is 16.5. The molecule has 1 saturated carbocycles. The highest BCUT2D eigenvalue weighted by Gasteiger charge is 2.30. The summed E-state index contributed by atoms with van der Waals surface area (Å²) in [5.41, 5.74) is 2.85. The van der Waals surface area contributed by atoms with E-state index in [2.05, 4.69) is 24.9 Å². The Morgan fingerprint density at radius 1 is 1.04 bits per heavy atom. The predicted molar refractivity (Wildman–Crippen MR) is 110 cm³/mol. The predicted octanol–water partition coefficient (Wildman–Crippen LogP) is 4.99. The molecule has 2 aromatic rings. The molecule has 0 aromatic heterocycles. The van der Waals surface area contributed by atoms with Gasteiger partial charge in [0, 0.05) is 6.04 Å². The summed E-state index contributed by atoms with van der Waals surface area (Å²) >= 11 is 0. The van der Waals surface area contributed by atoms with Crippen LogP contribution in [0, 0.1) is 5.92 Å². The molecule has 1 fully saturated rings. The Morgan fingerprint density at radius 2 is 1.70 bits per heavy atom. The molecule has 0 radical (unpaired) electrons. The first-order valence-electron chi connectivity index (χ1n) is 9.87. The lowest BCUT2D eigenvalue weighted by atomic mass is 9.79. The van der Waals surface area contributed by atoms with E-state index in [1.165, 1.54) is 32.1 Å². The van der Waals surface area contributed by atoms with E-state index in [9.17, 15) is 4.79 Å². The van der Waals surface area contributed by atoms with Crippen molar-refractivity contribution in [3.8, 4) is 5.75 Å². The van der Waals surface area contributed by atoms with Crippen LogP contribution in [-0.2, 0) is 11.4 Å². The molecular formula is C24H29NO2. The fourth-order valence-corrected chi connectivity index (χ4v) is 4.13. The number of rotatable bonds is 7. The van der Waals surface area contributed by atoms with E-state index in [4.69, 9.17) is 4.74 Å². The van der Waals surface area contributed by atoms with Crippen LogP contribution < -0.4 is 4.74 Å². The van der Waals surface area contributed by atoms with Gasteiger partial charge in [0.15, 0.2) is 0 Å². The van der Waals surface area contributed by atoms with E-state index >= 15 is 0 Å². The van der Waals surface area contributed by atoms with Gasteiger partial charge in [-0.3, -0.25) is 0 Å². The number of carbonyl (C=O) groups excluding carboxylic acids is 1. The summed E-state index contributed by atoms with van der Waals surface area (Å²) in [6.07, 6.45) is 6.20. The van der Waals surface area contributed by atoms with Crippen LogP contribution in [0.2, 0.25) is 0 Å². The zero-order valence-electron chi connectivity index (χ0n) is 16.4. The second kappa shape index (κ2) is 9.55. The summed E-state index contributed by atoms with van der Waals surface area (Å²) in [5.74, 6) is 3.60. The Hall–Kier alpha value is -2.35. The molecule has 3 heteroatoms. The van der Waals surface area contributed by atoms with E-state index in [-0.39, 0.29) is 6.04 Å². The molecule has 0 heterocycles. The lowest BCUT2D eigenvalue weighted by molar-refractivity contribution is 0.215. The van der Waals surface area contributed by atoms with Crippen LogP contribution in [0.3, 0.4) is 0 Å². The van der Waals surface area contributed by atoms with Gasteiger partial charge in [0.1, 0.15) is 18.3 Å². The summed E-state index contributed by atoms with van der Waals surface area (Å²) in [7, 11) is 4.13. The second-order valence-corrected chi connectivity index (χ2v) is 7.62. The average molecular weight is 364 g/mol. The largest absolute Gasteiger partial charge is 0.489 e. The van der Waals surface area contributed by atoms with Gasteiger partial charge in [0.05, 0.1) is 5.57 Å². The van der Waals surface area contributed by atoms with Gasteiger partial charge in [0.25, 0.3) is 0 Å². The zero-order valence-corrected chi connectivity index (χ0v) is 16.4. The summed E-state index contributed by atoms with van der Waals surface area (Å²) in [6.45, 7) is 0.541. The fraction of sp³-hybridized carbons (Fsp3) is 0.417. The molecule has 2 aromatic carbocycles. The minimum absolute atomic E-state index is 0.124. The first-order chi connectivity index (χ1) is 13.2. The van der Waals surface area contributed by atoms with Crippen LogP contribution in [0.4, 0.5) is 0 Å². The van der Waals surface area contributed by atoms with Crippen molar-refractivity contribution in [3.63, 3.8) is 0 Å². The monoisotopic (exact) mass is 363 g/mol. The standard InChI is InChI=1S/C24H29NO2/c1-25(2)24(21-11-7-4-8-12-21)23(17-26)20-13-15-22(16-14-20)27-18-19-9-5-3-6-10-19/h3,5-6,9-10,13-16,21,24H,4,7-8,11-12,18H2,1-2H3. The summed E-state index contributed by atoms with van der Waals surface area (Å²) in [4.78, 5) is 14.0. The van der Waals surface area contributed by atoms with E-state index in [1.54, 1.807) is 0 Å². The highest BCUT2D eigenvalue weighted by Crippen LogP contribution is 2.34. The molecule has 27 heavy (non-hydrogen) atoms. The Morgan fingerprint density at radius 3 is 2.30 bits per heavy atom. The minimum atomic E-state index is 0.124. The molecule has 142 valence electrons. The molecule has 0 amide bonds. The van der Waals surface area contributed by atoms with Crippen LogP contribution in [0.1, 0.15) is 43.2 Å². The molecule has 0 aliphatic heterocycles. The smallest absolute Gasteiger partial charge is 0.130 e. The van der Waals surface area contributed by atoms with Crippen molar-refractivity contribution in [2.24, 2.45) is 5.92 Å². The van der Waals surface area contributed by atoms with Gasteiger partial charge in [-0.2, -0.15) is 0 Å². The minimum Gasteiger partial charge on any atom is -0.489 e. The molecule has 1 atom stereocenters. The molecule has 0 bridgehead atoms. The third kappa shape index (κ3) is 5.09.